The van der Waals surface area contributed by atoms with Crippen LogP contribution >= 0.6 is 0 Å². The van der Waals surface area contributed by atoms with Crippen LogP contribution in [0.3, 0.4) is 0 Å². The smallest absolute Gasteiger partial charge is 0.239 e. The first-order valence-corrected chi connectivity index (χ1v) is 8.78. The third-order valence-electron chi connectivity index (χ3n) is 5.51. The molecule has 0 bridgehead atoms. The Morgan fingerprint density at radius 1 is 1.14 bits per heavy atom. The molecule has 2 atom stereocenters. The summed E-state index contributed by atoms with van der Waals surface area (Å²) in [5, 5.41) is 3.19. The monoisotopic (exact) mass is 303 g/mol. The van der Waals surface area contributed by atoms with Crippen LogP contribution in [-0.2, 0) is 11.3 Å². The summed E-state index contributed by atoms with van der Waals surface area (Å²) in [4.78, 5) is 14.9. The van der Waals surface area contributed by atoms with Crippen LogP contribution in [-0.4, -0.2) is 41.1 Å². The van der Waals surface area contributed by atoms with E-state index in [1.807, 2.05) is 0 Å². The van der Waals surface area contributed by atoms with Gasteiger partial charge < -0.3 is 14.8 Å². The zero-order valence-electron chi connectivity index (χ0n) is 14.0. The molecule has 0 radical (unpaired) electrons. The normalized spacial score (nSPS) is 25.7. The number of rotatable bonds is 4. The molecule has 22 heavy (non-hydrogen) atoms. The molecule has 2 saturated heterocycles. The van der Waals surface area contributed by atoms with E-state index in [-0.39, 0.29) is 5.91 Å². The molecule has 3 rings (SSSR count). The fraction of sp³-hybridized carbons (Fsp3) is 0.722. The maximum atomic E-state index is 12.3. The number of piperidine rings is 2. The van der Waals surface area contributed by atoms with Crippen molar-refractivity contribution < 1.29 is 4.79 Å². The minimum absolute atomic E-state index is 0.148. The summed E-state index contributed by atoms with van der Waals surface area (Å²) in [5.74, 6) is 0.792. The lowest BCUT2D eigenvalue weighted by molar-refractivity contribution is -0.122. The predicted octanol–water partition coefficient (Wildman–Crippen LogP) is 2.49. The highest BCUT2D eigenvalue weighted by atomic mass is 16.1. The molecule has 2 aliphatic rings. The fourth-order valence-electron chi connectivity index (χ4n) is 4.21. The van der Waals surface area contributed by atoms with Crippen LogP contribution in [0.25, 0.3) is 0 Å². The second-order valence-electron chi connectivity index (χ2n) is 7.01. The highest BCUT2D eigenvalue weighted by molar-refractivity contribution is 5.75. The SMILES string of the molecule is Cc1ccc(C)n1CC(=O)NC[C@H]1CCCN2CCCC[C@H]12. The first kappa shape index (κ1) is 15.6. The van der Waals surface area contributed by atoms with E-state index in [1.54, 1.807) is 0 Å². The summed E-state index contributed by atoms with van der Waals surface area (Å²) >= 11 is 0. The lowest BCUT2D eigenvalue weighted by Gasteiger charge is -2.44. The molecule has 4 nitrogen and oxygen atoms in total. The van der Waals surface area contributed by atoms with Gasteiger partial charge in [-0.3, -0.25) is 4.79 Å². The van der Waals surface area contributed by atoms with Crippen molar-refractivity contribution >= 4 is 5.91 Å². The number of hydrogen-bond donors (Lipinski definition) is 1. The molecule has 1 aromatic rings. The van der Waals surface area contributed by atoms with Crippen molar-refractivity contribution in [1.82, 2.24) is 14.8 Å². The van der Waals surface area contributed by atoms with Crippen molar-refractivity contribution in [3.63, 3.8) is 0 Å². The van der Waals surface area contributed by atoms with Crippen LogP contribution in [0.1, 0.15) is 43.5 Å². The van der Waals surface area contributed by atoms with Crippen molar-refractivity contribution in [2.24, 2.45) is 5.92 Å². The Labute approximate surface area is 133 Å². The number of amides is 1. The van der Waals surface area contributed by atoms with Gasteiger partial charge in [-0.25, -0.2) is 0 Å². The van der Waals surface area contributed by atoms with Crippen LogP contribution in [0.5, 0.6) is 0 Å². The largest absolute Gasteiger partial charge is 0.354 e. The Hall–Kier alpha value is -1.29. The molecule has 1 amide bonds. The van der Waals surface area contributed by atoms with Gasteiger partial charge in [0.05, 0.1) is 0 Å². The first-order valence-electron chi connectivity index (χ1n) is 8.78. The summed E-state index contributed by atoms with van der Waals surface area (Å²) in [6.07, 6.45) is 6.57. The Morgan fingerprint density at radius 3 is 2.64 bits per heavy atom. The standard InChI is InChI=1S/C18H29N3O/c1-14-8-9-15(2)21(14)13-18(22)19-12-16-6-5-11-20-10-4-3-7-17(16)20/h8-9,16-17H,3-7,10-13H2,1-2H3,(H,19,22)/t16-,17-/m1/s1. The van der Waals surface area contributed by atoms with E-state index in [0.29, 0.717) is 18.5 Å². The maximum Gasteiger partial charge on any atom is 0.239 e. The molecule has 122 valence electrons. The van der Waals surface area contributed by atoms with Crippen LogP contribution in [0, 0.1) is 19.8 Å². The highest BCUT2D eigenvalue weighted by Gasteiger charge is 2.32. The molecule has 1 aromatic heterocycles. The van der Waals surface area contributed by atoms with E-state index in [9.17, 15) is 4.79 Å². The topological polar surface area (TPSA) is 37.3 Å². The van der Waals surface area contributed by atoms with Gasteiger partial charge in [-0.2, -0.15) is 0 Å². The molecular formula is C18H29N3O. The van der Waals surface area contributed by atoms with Crippen LogP contribution < -0.4 is 5.32 Å². The van der Waals surface area contributed by atoms with Crippen molar-refractivity contribution in [2.75, 3.05) is 19.6 Å². The van der Waals surface area contributed by atoms with Crippen LogP contribution in [0.4, 0.5) is 0 Å². The van der Waals surface area contributed by atoms with Crippen molar-refractivity contribution in [3.8, 4) is 0 Å². The molecule has 2 aliphatic heterocycles. The van der Waals surface area contributed by atoms with E-state index >= 15 is 0 Å². The van der Waals surface area contributed by atoms with E-state index in [2.05, 4.69) is 40.8 Å². The highest BCUT2D eigenvalue weighted by Crippen LogP contribution is 2.30. The zero-order chi connectivity index (χ0) is 15.5. The number of hydrogen-bond acceptors (Lipinski definition) is 2. The Morgan fingerprint density at radius 2 is 1.86 bits per heavy atom. The minimum Gasteiger partial charge on any atom is -0.354 e. The van der Waals surface area contributed by atoms with Crippen LogP contribution in [0.2, 0.25) is 0 Å². The maximum absolute atomic E-state index is 12.3. The molecule has 0 unspecified atom stereocenters. The van der Waals surface area contributed by atoms with Gasteiger partial charge in [-0.15, -0.1) is 0 Å². The molecule has 0 saturated carbocycles. The first-order chi connectivity index (χ1) is 10.6. The summed E-state index contributed by atoms with van der Waals surface area (Å²) in [7, 11) is 0. The number of nitrogens with one attached hydrogen (secondary N) is 1. The van der Waals surface area contributed by atoms with Gasteiger partial charge in [0.15, 0.2) is 0 Å². The molecule has 3 heterocycles. The van der Waals surface area contributed by atoms with Gasteiger partial charge in [-0.05, 0) is 70.7 Å². The number of carbonyl (C=O) groups is 1. The van der Waals surface area contributed by atoms with Gasteiger partial charge in [0.1, 0.15) is 6.54 Å². The van der Waals surface area contributed by atoms with Gasteiger partial charge in [0, 0.05) is 24.0 Å². The molecule has 0 spiro atoms. The Bertz CT molecular complexity index is 501. The fourth-order valence-corrected chi connectivity index (χ4v) is 4.21. The number of carbonyl (C=O) groups excluding carboxylic acids is 1. The van der Waals surface area contributed by atoms with Gasteiger partial charge in [0.2, 0.25) is 5.91 Å². The third kappa shape index (κ3) is 3.37. The van der Waals surface area contributed by atoms with E-state index in [4.69, 9.17) is 0 Å². The lowest BCUT2D eigenvalue weighted by Crippen LogP contribution is -2.51. The summed E-state index contributed by atoms with van der Waals surface area (Å²) in [6.45, 7) is 7.93. The number of aryl methyl sites for hydroxylation is 2. The Balaban J connectivity index is 1.52. The summed E-state index contributed by atoms with van der Waals surface area (Å²) in [5.41, 5.74) is 2.31. The average molecular weight is 303 g/mol. The number of aromatic nitrogens is 1. The lowest BCUT2D eigenvalue weighted by atomic mass is 9.83. The van der Waals surface area contributed by atoms with Gasteiger partial charge in [0.25, 0.3) is 0 Å². The van der Waals surface area contributed by atoms with Crippen LogP contribution in [0.15, 0.2) is 12.1 Å². The molecule has 0 aromatic carbocycles. The second-order valence-corrected chi connectivity index (χ2v) is 7.01. The summed E-state index contributed by atoms with van der Waals surface area (Å²) < 4.78 is 2.09. The average Bonchev–Trinajstić information content (AvgIpc) is 2.85. The number of nitrogens with zero attached hydrogens (tertiary/aromatic N) is 2. The molecule has 0 aliphatic carbocycles. The van der Waals surface area contributed by atoms with Gasteiger partial charge >= 0.3 is 0 Å². The quantitative estimate of drug-likeness (QED) is 0.928. The van der Waals surface area contributed by atoms with Gasteiger partial charge in [-0.1, -0.05) is 6.42 Å². The predicted molar refractivity (Wildman–Crippen MR) is 88.9 cm³/mol. The van der Waals surface area contributed by atoms with Crippen molar-refractivity contribution in [2.45, 2.75) is 58.5 Å². The molecular weight excluding hydrogens is 274 g/mol. The molecule has 4 heteroatoms. The van der Waals surface area contributed by atoms with E-state index < -0.39 is 0 Å². The zero-order valence-corrected chi connectivity index (χ0v) is 14.0. The Kier molecular flexibility index (Phi) is 4.87. The van der Waals surface area contributed by atoms with E-state index in [0.717, 1.165) is 17.9 Å². The molecule has 2 fully saturated rings. The van der Waals surface area contributed by atoms with E-state index in [1.165, 1.54) is 45.2 Å². The minimum atomic E-state index is 0.148. The molecule has 1 N–H and O–H groups in total. The van der Waals surface area contributed by atoms with Crippen molar-refractivity contribution in [1.29, 1.82) is 0 Å². The number of fused-ring (bicyclic) bond motifs is 1. The summed E-state index contributed by atoms with van der Waals surface area (Å²) in [6, 6.07) is 4.85. The second kappa shape index (κ2) is 6.86. The van der Waals surface area contributed by atoms with Crippen molar-refractivity contribution in [3.05, 3.63) is 23.5 Å². The third-order valence-corrected chi connectivity index (χ3v) is 5.51.